The molecule has 1 aliphatic rings. The maximum atomic E-state index is 12.1. The number of hydrogen-bond acceptors (Lipinski definition) is 4. The third-order valence-corrected chi connectivity index (χ3v) is 2.79. The molecule has 16 heavy (non-hydrogen) atoms. The fourth-order valence-electron chi connectivity index (χ4n) is 1.86. The van der Waals surface area contributed by atoms with Crippen molar-refractivity contribution in [2.75, 3.05) is 19.6 Å². The Bertz CT molecular complexity index is 395. The normalized spacial score (nSPS) is 20.8. The van der Waals surface area contributed by atoms with E-state index in [2.05, 4.69) is 10.3 Å². The fraction of sp³-hybridized carbons (Fsp3) is 0.455. The molecule has 1 fully saturated rings. The van der Waals surface area contributed by atoms with Gasteiger partial charge in [-0.2, -0.15) is 0 Å². The third-order valence-electron chi connectivity index (χ3n) is 2.79. The minimum atomic E-state index is -0.131. The summed E-state index contributed by atoms with van der Waals surface area (Å²) in [6.45, 7) is 4.24. The highest BCUT2D eigenvalue weighted by Gasteiger charge is 2.25. The Morgan fingerprint density at radius 1 is 1.69 bits per heavy atom. The number of rotatable bonds is 1. The Kier molecular flexibility index (Phi) is 3.05. The zero-order valence-electron chi connectivity index (χ0n) is 9.18. The molecule has 0 aliphatic carbocycles. The van der Waals surface area contributed by atoms with E-state index in [1.54, 1.807) is 11.0 Å². The summed E-state index contributed by atoms with van der Waals surface area (Å²) < 4.78 is 0. The first-order chi connectivity index (χ1) is 7.70. The molecular formula is C11H15N3O2. The maximum absolute atomic E-state index is 12.1. The molecule has 0 unspecified atom stereocenters. The van der Waals surface area contributed by atoms with Crippen LogP contribution < -0.4 is 5.32 Å². The number of piperazine rings is 1. The van der Waals surface area contributed by atoms with E-state index >= 15 is 0 Å². The lowest BCUT2D eigenvalue weighted by molar-refractivity contribution is 0.0652. The first-order valence-corrected chi connectivity index (χ1v) is 5.35. The molecule has 1 aromatic rings. The number of amides is 1. The zero-order chi connectivity index (χ0) is 11.5. The van der Waals surface area contributed by atoms with E-state index in [-0.39, 0.29) is 17.7 Å². The second-order valence-electron chi connectivity index (χ2n) is 3.94. The second-order valence-corrected chi connectivity index (χ2v) is 3.94. The first kappa shape index (κ1) is 10.9. The molecule has 2 heterocycles. The van der Waals surface area contributed by atoms with Gasteiger partial charge in [0, 0.05) is 31.9 Å². The number of aromatic nitrogens is 1. The monoisotopic (exact) mass is 221 g/mol. The minimum absolute atomic E-state index is 0.0572. The lowest BCUT2D eigenvalue weighted by atomic mass is 10.1. The summed E-state index contributed by atoms with van der Waals surface area (Å²) in [5.41, 5.74) is 0.323. The van der Waals surface area contributed by atoms with Gasteiger partial charge in [-0.25, -0.2) is 0 Å². The summed E-state index contributed by atoms with van der Waals surface area (Å²) >= 11 is 0. The Balaban J connectivity index is 2.21. The van der Waals surface area contributed by atoms with Gasteiger partial charge in [0.2, 0.25) is 0 Å². The molecule has 0 saturated carbocycles. The summed E-state index contributed by atoms with van der Waals surface area (Å²) in [6.07, 6.45) is 2.81. The van der Waals surface area contributed by atoms with Crippen LogP contribution in [-0.2, 0) is 0 Å². The first-order valence-electron chi connectivity index (χ1n) is 5.35. The third kappa shape index (κ3) is 1.99. The quantitative estimate of drug-likeness (QED) is 0.712. The average molecular weight is 221 g/mol. The zero-order valence-corrected chi connectivity index (χ0v) is 9.18. The maximum Gasteiger partial charge on any atom is 0.258 e. The Morgan fingerprint density at radius 3 is 3.19 bits per heavy atom. The molecule has 2 N–H and O–H groups in total. The summed E-state index contributed by atoms with van der Waals surface area (Å²) in [7, 11) is 0. The van der Waals surface area contributed by atoms with Crippen LogP contribution in [0.25, 0.3) is 0 Å². The van der Waals surface area contributed by atoms with Gasteiger partial charge in [0.05, 0.1) is 11.8 Å². The van der Waals surface area contributed by atoms with Crippen molar-refractivity contribution in [2.24, 2.45) is 0 Å². The van der Waals surface area contributed by atoms with E-state index in [9.17, 15) is 9.90 Å². The summed E-state index contributed by atoms with van der Waals surface area (Å²) in [6, 6.07) is 1.70. The highest BCUT2D eigenvalue weighted by Crippen LogP contribution is 2.18. The Morgan fingerprint density at radius 2 is 2.50 bits per heavy atom. The highest BCUT2D eigenvalue weighted by molar-refractivity contribution is 5.96. The van der Waals surface area contributed by atoms with Crippen molar-refractivity contribution >= 4 is 5.91 Å². The van der Waals surface area contributed by atoms with Gasteiger partial charge in [-0.3, -0.25) is 9.78 Å². The van der Waals surface area contributed by atoms with Gasteiger partial charge in [-0.05, 0) is 13.0 Å². The van der Waals surface area contributed by atoms with Gasteiger partial charge in [0.15, 0.2) is 0 Å². The largest absolute Gasteiger partial charge is 0.505 e. The number of pyridine rings is 1. The van der Waals surface area contributed by atoms with Crippen LogP contribution in [0.2, 0.25) is 0 Å². The molecule has 0 radical (unpaired) electrons. The fourth-order valence-corrected chi connectivity index (χ4v) is 1.86. The van der Waals surface area contributed by atoms with Crippen molar-refractivity contribution in [1.29, 1.82) is 0 Å². The van der Waals surface area contributed by atoms with E-state index in [0.29, 0.717) is 12.1 Å². The van der Waals surface area contributed by atoms with Crippen LogP contribution in [0.15, 0.2) is 18.5 Å². The molecule has 1 amide bonds. The molecule has 0 spiro atoms. The lowest BCUT2D eigenvalue weighted by Crippen LogP contribution is -2.52. The van der Waals surface area contributed by atoms with Gasteiger partial charge in [-0.1, -0.05) is 0 Å². The molecule has 0 bridgehead atoms. The number of nitrogens with zero attached hydrogens (tertiary/aromatic N) is 2. The molecule has 1 atom stereocenters. The molecule has 1 saturated heterocycles. The lowest BCUT2D eigenvalue weighted by Gasteiger charge is -2.34. The standard InChI is InChI=1S/C11H15N3O2/c1-8-6-13-4-5-14(8)11(16)9-2-3-12-7-10(9)15/h2-3,7-8,13,15H,4-6H2,1H3/t8-/m0/s1. The van der Waals surface area contributed by atoms with E-state index < -0.39 is 0 Å². The molecule has 1 aliphatic heterocycles. The minimum Gasteiger partial charge on any atom is -0.505 e. The van der Waals surface area contributed by atoms with E-state index in [1.165, 1.54) is 12.4 Å². The van der Waals surface area contributed by atoms with Crippen molar-refractivity contribution in [3.05, 3.63) is 24.0 Å². The predicted molar refractivity (Wildman–Crippen MR) is 59.3 cm³/mol. The van der Waals surface area contributed by atoms with Crippen LogP contribution in [0, 0.1) is 0 Å². The topological polar surface area (TPSA) is 65.5 Å². The van der Waals surface area contributed by atoms with E-state index in [0.717, 1.165) is 13.1 Å². The molecule has 0 aromatic carbocycles. The van der Waals surface area contributed by atoms with Gasteiger partial charge >= 0.3 is 0 Å². The van der Waals surface area contributed by atoms with Crippen molar-refractivity contribution < 1.29 is 9.90 Å². The molecule has 86 valence electrons. The SMILES string of the molecule is C[C@H]1CNCCN1C(=O)c1ccncc1O. The van der Waals surface area contributed by atoms with E-state index in [1.807, 2.05) is 6.92 Å². The van der Waals surface area contributed by atoms with Crippen LogP contribution >= 0.6 is 0 Å². The van der Waals surface area contributed by atoms with Gasteiger partial charge in [0.1, 0.15) is 5.75 Å². The average Bonchev–Trinajstić information content (AvgIpc) is 2.29. The smallest absolute Gasteiger partial charge is 0.258 e. The highest BCUT2D eigenvalue weighted by atomic mass is 16.3. The Hall–Kier alpha value is -1.62. The number of hydrogen-bond donors (Lipinski definition) is 2. The Labute approximate surface area is 94.1 Å². The molecule has 2 rings (SSSR count). The van der Waals surface area contributed by atoms with Crippen molar-refractivity contribution in [3.8, 4) is 5.75 Å². The number of aromatic hydroxyl groups is 1. The summed E-state index contributed by atoms with van der Waals surface area (Å²) in [5.74, 6) is -0.188. The molecule has 1 aromatic heterocycles. The molecular weight excluding hydrogens is 206 g/mol. The second kappa shape index (κ2) is 4.49. The van der Waals surface area contributed by atoms with Crippen molar-refractivity contribution in [1.82, 2.24) is 15.2 Å². The van der Waals surface area contributed by atoms with Crippen LogP contribution in [0.4, 0.5) is 0 Å². The van der Waals surface area contributed by atoms with Crippen molar-refractivity contribution in [2.45, 2.75) is 13.0 Å². The number of carbonyl (C=O) groups is 1. The number of carbonyl (C=O) groups excluding carboxylic acids is 1. The number of nitrogens with one attached hydrogen (secondary N) is 1. The van der Waals surface area contributed by atoms with Crippen molar-refractivity contribution in [3.63, 3.8) is 0 Å². The van der Waals surface area contributed by atoms with Gasteiger partial charge < -0.3 is 15.3 Å². The van der Waals surface area contributed by atoms with Crippen LogP contribution in [-0.4, -0.2) is 46.6 Å². The van der Waals surface area contributed by atoms with Gasteiger partial charge in [0.25, 0.3) is 5.91 Å². The van der Waals surface area contributed by atoms with Crippen LogP contribution in [0.1, 0.15) is 17.3 Å². The molecule has 5 nitrogen and oxygen atoms in total. The van der Waals surface area contributed by atoms with E-state index in [4.69, 9.17) is 0 Å². The van der Waals surface area contributed by atoms with Crippen LogP contribution in [0.3, 0.4) is 0 Å². The summed E-state index contributed by atoms with van der Waals surface area (Å²) in [5, 5.41) is 12.8. The summed E-state index contributed by atoms with van der Waals surface area (Å²) in [4.78, 5) is 17.7. The van der Waals surface area contributed by atoms with Crippen LogP contribution in [0.5, 0.6) is 5.75 Å². The predicted octanol–water partition coefficient (Wildman–Crippen LogP) is 0.221. The van der Waals surface area contributed by atoms with Gasteiger partial charge in [-0.15, -0.1) is 0 Å². The molecule has 5 heteroatoms.